The molecule has 0 aliphatic carbocycles. The lowest BCUT2D eigenvalue weighted by molar-refractivity contribution is 0.450. The summed E-state index contributed by atoms with van der Waals surface area (Å²) in [6.45, 7) is 0. The Morgan fingerprint density at radius 2 is 0.917 bits per heavy atom. The summed E-state index contributed by atoms with van der Waals surface area (Å²) in [5.74, 6) is -0.924. The smallest absolute Gasteiger partial charge is 0.171 e. The van der Waals surface area contributed by atoms with Gasteiger partial charge in [-0.05, 0) is 24.3 Å². The van der Waals surface area contributed by atoms with Crippen LogP contribution in [0.3, 0.4) is 0 Å². The molecule has 24 heavy (non-hydrogen) atoms. The number of hydrogen-bond donors (Lipinski definition) is 4. The molecule has 0 spiro atoms. The SMILES string of the molecule is O=P(c1ccccc1)(c1cc(O)cc(O)c1)c1cc(O)cc(O)c1. The molecule has 6 heteroatoms. The van der Waals surface area contributed by atoms with Crippen LogP contribution in [0.15, 0.2) is 66.7 Å². The summed E-state index contributed by atoms with van der Waals surface area (Å²) in [6.07, 6.45) is 0. The first-order valence-corrected chi connectivity index (χ1v) is 8.83. The Morgan fingerprint density at radius 3 is 1.29 bits per heavy atom. The van der Waals surface area contributed by atoms with E-state index in [-0.39, 0.29) is 33.6 Å². The molecule has 3 aromatic carbocycles. The van der Waals surface area contributed by atoms with E-state index in [2.05, 4.69) is 0 Å². The average molecular weight is 342 g/mol. The fourth-order valence-electron chi connectivity index (χ4n) is 2.61. The molecule has 0 atom stereocenters. The van der Waals surface area contributed by atoms with Gasteiger partial charge in [0.15, 0.2) is 7.14 Å². The highest BCUT2D eigenvalue weighted by Crippen LogP contribution is 2.45. The van der Waals surface area contributed by atoms with Crippen molar-refractivity contribution in [3.8, 4) is 23.0 Å². The van der Waals surface area contributed by atoms with Crippen LogP contribution in [0.1, 0.15) is 0 Å². The predicted octanol–water partition coefficient (Wildman–Crippen LogP) is 2.15. The van der Waals surface area contributed by atoms with E-state index >= 15 is 0 Å². The van der Waals surface area contributed by atoms with Gasteiger partial charge in [0.1, 0.15) is 23.0 Å². The second kappa shape index (κ2) is 5.95. The number of hydrogen-bond acceptors (Lipinski definition) is 5. The maximum absolute atomic E-state index is 14.0. The van der Waals surface area contributed by atoms with Gasteiger partial charge >= 0.3 is 0 Å². The molecule has 0 bridgehead atoms. The second-order valence-electron chi connectivity index (χ2n) is 5.36. The van der Waals surface area contributed by atoms with Crippen molar-refractivity contribution in [3.05, 3.63) is 66.7 Å². The molecule has 122 valence electrons. The van der Waals surface area contributed by atoms with Crippen LogP contribution in [0, 0.1) is 0 Å². The summed E-state index contributed by atoms with van der Waals surface area (Å²) in [5, 5.41) is 39.9. The van der Waals surface area contributed by atoms with Gasteiger partial charge in [-0.3, -0.25) is 0 Å². The highest BCUT2D eigenvalue weighted by Gasteiger charge is 2.31. The number of phenols is 4. The van der Waals surface area contributed by atoms with E-state index in [0.717, 1.165) is 12.1 Å². The lowest BCUT2D eigenvalue weighted by Gasteiger charge is -2.20. The van der Waals surface area contributed by atoms with E-state index in [4.69, 9.17) is 0 Å². The van der Waals surface area contributed by atoms with Crippen LogP contribution in [0.25, 0.3) is 0 Å². The van der Waals surface area contributed by atoms with Crippen molar-refractivity contribution < 1.29 is 25.0 Å². The molecule has 0 unspecified atom stereocenters. The molecule has 0 aliphatic heterocycles. The molecule has 0 amide bonds. The third-order valence-electron chi connectivity index (χ3n) is 3.62. The second-order valence-corrected chi connectivity index (χ2v) is 8.13. The molecule has 0 fully saturated rings. The fourth-order valence-corrected chi connectivity index (χ4v) is 5.35. The van der Waals surface area contributed by atoms with Gasteiger partial charge in [-0.25, -0.2) is 0 Å². The zero-order valence-electron chi connectivity index (χ0n) is 12.5. The van der Waals surface area contributed by atoms with Gasteiger partial charge in [-0.2, -0.15) is 0 Å². The first-order chi connectivity index (χ1) is 11.4. The van der Waals surface area contributed by atoms with E-state index in [1.54, 1.807) is 30.3 Å². The Bertz CT molecular complexity index is 841. The number of phenolic OH excluding ortho intramolecular Hbond substituents is 4. The van der Waals surface area contributed by atoms with Crippen LogP contribution < -0.4 is 15.9 Å². The van der Waals surface area contributed by atoms with E-state index < -0.39 is 7.14 Å². The number of aromatic hydroxyl groups is 4. The average Bonchev–Trinajstić information content (AvgIpc) is 2.53. The summed E-state index contributed by atoms with van der Waals surface area (Å²) < 4.78 is 14.0. The minimum Gasteiger partial charge on any atom is -0.508 e. The van der Waals surface area contributed by atoms with Crippen molar-refractivity contribution in [3.63, 3.8) is 0 Å². The molecule has 0 heterocycles. The summed E-state index contributed by atoms with van der Waals surface area (Å²) >= 11 is 0. The Kier molecular flexibility index (Phi) is 3.96. The fraction of sp³-hybridized carbons (Fsp3) is 0. The Labute approximate surface area is 138 Å². The standard InChI is InChI=1S/C18H15O5P/c19-12-6-13(20)9-17(8-12)24(23,16-4-2-1-3-5-16)18-10-14(21)7-15(22)11-18/h1-11,19-22H. The molecule has 0 saturated heterocycles. The molecule has 3 rings (SSSR count). The molecule has 0 saturated carbocycles. The lowest BCUT2D eigenvalue weighted by Crippen LogP contribution is -2.25. The molecule has 0 aromatic heterocycles. The highest BCUT2D eigenvalue weighted by molar-refractivity contribution is 7.85. The molecule has 5 nitrogen and oxygen atoms in total. The number of rotatable bonds is 3. The van der Waals surface area contributed by atoms with Gasteiger partial charge < -0.3 is 25.0 Å². The highest BCUT2D eigenvalue weighted by atomic mass is 31.2. The third kappa shape index (κ3) is 2.82. The first-order valence-electron chi connectivity index (χ1n) is 7.12. The first kappa shape index (κ1) is 16.0. The summed E-state index contributed by atoms with van der Waals surface area (Å²) in [4.78, 5) is 0. The van der Waals surface area contributed by atoms with Gasteiger partial charge in [0.05, 0.1) is 0 Å². The number of benzene rings is 3. The van der Waals surface area contributed by atoms with Crippen LogP contribution in [-0.4, -0.2) is 20.4 Å². The summed E-state index contributed by atoms with van der Waals surface area (Å²) in [6, 6.07) is 16.0. The Morgan fingerprint density at radius 1 is 0.542 bits per heavy atom. The topological polar surface area (TPSA) is 98.0 Å². The molecule has 4 N–H and O–H groups in total. The quantitative estimate of drug-likeness (QED) is 0.547. The molecular formula is C18H15O5P. The van der Waals surface area contributed by atoms with Crippen LogP contribution in [-0.2, 0) is 4.57 Å². The zero-order valence-corrected chi connectivity index (χ0v) is 13.4. The minimum atomic E-state index is -3.52. The van der Waals surface area contributed by atoms with Crippen LogP contribution in [0.5, 0.6) is 23.0 Å². The van der Waals surface area contributed by atoms with Gasteiger partial charge in [0.25, 0.3) is 0 Å². The van der Waals surface area contributed by atoms with Crippen molar-refractivity contribution in [2.45, 2.75) is 0 Å². The predicted molar refractivity (Wildman–Crippen MR) is 92.5 cm³/mol. The van der Waals surface area contributed by atoms with E-state index in [1.165, 1.54) is 24.3 Å². The maximum Gasteiger partial charge on any atom is 0.171 e. The van der Waals surface area contributed by atoms with Gasteiger partial charge in [0, 0.05) is 28.0 Å². The third-order valence-corrected chi connectivity index (χ3v) is 6.62. The lowest BCUT2D eigenvalue weighted by atomic mass is 10.3. The van der Waals surface area contributed by atoms with E-state index in [0.29, 0.717) is 5.30 Å². The Hall–Kier alpha value is -2.91. The van der Waals surface area contributed by atoms with Gasteiger partial charge in [-0.15, -0.1) is 0 Å². The van der Waals surface area contributed by atoms with Crippen molar-refractivity contribution in [1.29, 1.82) is 0 Å². The maximum atomic E-state index is 14.0. The van der Waals surface area contributed by atoms with Crippen LogP contribution in [0.4, 0.5) is 0 Å². The summed E-state index contributed by atoms with van der Waals surface area (Å²) in [7, 11) is -3.52. The van der Waals surface area contributed by atoms with Crippen molar-refractivity contribution in [2.24, 2.45) is 0 Å². The van der Waals surface area contributed by atoms with Gasteiger partial charge in [-0.1, -0.05) is 30.3 Å². The van der Waals surface area contributed by atoms with Crippen LogP contribution in [0.2, 0.25) is 0 Å². The monoisotopic (exact) mass is 342 g/mol. The van der Waals surface area contributed by atoms with Crippen molar-refractivity contribution in [2.75, 3.05) is 0 Å². The zero-order chi connectivity index (χ0) is 17.3. The largest absolute Gasteiger partial charge is 0.508 e. The molecule has 0 radical (unpaired) electrons. The van der Waals surface area contributed by atoms with E-state index in [9.17, 15) is 25.0 Å². The van der Waals surface area contributed by atoms with Crippen LogP contribution >= 0.6 is 7.14 Å². The summed E-state index contributed by atoms with van der Waals surface area (Å²) in [5.41, 5.74) is 0. The molecule has 3 aromatic rings. The molecule has 0 aliphatic rings. The Balaban J connectivity index is 2.35. The van der Waals surface area contributed by atoms with Gasteiger partial charge in [0.2, 0.25) is 0 Å². The normalized spacial score (nSPS) is 11.3. The molecular weight excluding hydrogens is 327 g/mol. The van der Waals surface area contributed by atoms with Crippen molar-refractivity contribution >= 4 is 23.1 Å². The van der Waals surface area contributed by atoms with E-state index in [1.807, 2.05) is 0 Å². The minimum absolute atomic E-state index is 0.191. The van der Waals surface area contributed by atoms with Crippen molar-refractivity contribution in [1.82, 2.24) is 0 Å².